The van der Waals surface area contributed by atoms with Crippen molar-refractivity contribution in [2.45, 2.75) is 40.0 Å². The number of thiazole rings is 1. The average Bonchev–Trinajstić information content (AvgIpc) is 3.15. The van der Waals surface area contributed by atoms with Gasteiger partial charge in [-0.05, 0) is 37.5 Å². The zero-order valence-electron chi connectivity index (χ0n) is 14.8. The van der Waals surface area contributed by atoms with E-state index in [-0.39, 0.29) is 5.91 Å². The van der Waals surface area contributed by atoms with E-state index in [4.69, 9.17) is 0 Å². The van der Waals surface area contributed by atoms with Gasteiger partial charge in [-0.3, -0.25) is 10.1 Å². The second-order valence-corrected chi connectivity index (χ2v) is 8.57. The summed E-state index contributed by atoms with van der Waals surface area (Å²) >= 11 is 3.10. The van der Waals surface area contributed by atoms with Crippen LogP contribution in [0.3, 0.4) is 0 Å². The lowest BCUT2D eigenvalue weighted by molar-refractivity contribution is 0.103. The Labute approximate surface area is 156 Å². The van der Waals surface area contributed by atoms with Crippen LogP contribution in [0.2, 0.25) is 0 Å². The first-order chi connectivity index (χ1) is 12.0. The zero-order valence-corrected chi connectivity index (χ0v) is 16.4. The monoisotopic (exact) mass is 370 g/mol. The minimum atomic E-state index is -0.0630. The van der Waals surface area contributed by atoms with E-state index in [1.807, 2.05) is 12.3 Å². The number of benzene rings is 1. The van der Waals surface area contributed by atoms with Crippen molar-refractivity contribution in [3.8, 4) is 0 Å². The summed E-state index contributed by atoms with van der Waals surface area (Å²) in [7, 11) is 0. The van der Waals surface area contributed by atoms with Gasteiger partial charge in [0.15, 0.2) is 5.13 Å². The molecule has 0 saturated heterocycles. The highest BCUT2D eigenvalue weighted by Gasteiger charge is 2.14. The molecule has 1 N–H and O–H groups in total. The van der Waals surface area contributed by atoms with E-state index in [0.29, 0.717) is 5.13 Å². The van der Waals surface area contributed by atoms with E-state index < -0.39 is 0 Å². The molecule has 0 aliphatic carbocycles. The van der Waals surface area contributed by atoms with Crippen LogP contribution in [0, 0.1) is 13.8 Å². The fraction of sp³-hybridized carbons (Fsp3) is 0.300. The summed E-state index contributed by atoms with van der Waals surface area (Å²) in [5.74, 6) is -0.0630. The molecule has 0 aliphatic heterocycles. The molecular formula is C20H22N2OS2. The van der Waals surface area contributed by atoms with Gasteiger partial charge < -0.3 is 0 Å². The van der Waals surface area contributed by atoms with Crippen molar-refractivity contribution in [1.29, 1.82) is 0 Å². The molecule has 2 aromatic heterocycles. The van der Waals surface area contributed by atoms with Crippen LogP contribution in [-0.2, 0) is 12.8 Å². The van der Waals surface area contributed by atoms with Crippen molar-refractivity contribution in [2.75, 3.05) is 5.32 Å². The molecule has 3 rings (SSSR count). The number of anilines is 1. The quantitative estimate of drug-likeness (QED) is 0.612. The average molecular weight is 371 g/mol. The number of thiophene rings is 1. The molecule has 0 saturated carbocycles. The van der Waals surface area contributed by atoms with Crippen molar-refractivity contribution in [3.63, 3.8) is 0 Å². The number of aromatic nitrogens is 1. The molecule has 3 aromatic rings. The lowest BCUT2D eigenvalue weighted by Gasteiger charge is -2.00. The second-order valence-electron chi connectivity index (χ2n) is 6.19. The summed E-state index contributed by atoms with van der Waals surface area (Å²) in [5, 5.41) is 3.60. The fourth-order valence-corrected chi connectivity index (χ4v) is 4.59. The lowest BCUT2D eigenvalue weighted by atomic mass is 10.1. The number of nitrogens with one attached hydrogen (secondary N) is 1. The number of carbonyl (C=O) groups excluding carboxylic acids is 1. The summed E-state index contributed by atoms with van der Waals surface area (Å²) < 4.78 is 0. The number of aryl methyl sites for hydroxylation is 3. The fourth-order valence-electron chi connectivity index (χ4n) is 2.78. The summed E-state index contributed by atoms with van der Waals surface area (Å²) in [5.41, 5.74) is 3.79. The Morgan fingerprint density at radius 2 is 2.04 bits per heavy atom. The predicted molar refractivity (Wildman–Crippen MR) is 107 cm³/mol. The molecule has 0 fully saturated rings. The van der Waals surface area contributed by atoms with Gasteiger partial charge >= 0.3 is 0 Å². The van der Waals surface area contributed by atoms with Gasteiger partial charge in [0.2, 0.25) is 0 Å². The minimum Gasteiger partial charge on any atom is -0.297 e. The Kier molecular flexibility index (Phi) is 5.66. The van der Waals surface area contributed by atoms with E-state index in [0.717, 1.165) is 29.0 Å². The smallest absolute Gasteiger partial charge is 0.267 e. The number of amides is 1. The summed E-state index contributed by atoms with van der Waals surface area (Å²) in [6.07, 6.45) is 4.81. The van der Waals surface area contributed by atoms with Crippen LogP contribution in [0.5, 0.6) is 0 Å². The van der Waals surface area contributed by atoms with Crippen LogP contribution in [0.25, 0.3) is 0 Å². The first-order valence-corrected chi connectivity index (χ1v) is 10.1. The van der Waals surface area contributed by atoms with E-state index >= 15 is 0 Å². The van der Waals surface area contributed by atoms with Gasteiger partial charge in [0.1, 0.15) is 0 Å². The van der Waals surface area contributed by atoms with Gasteiger partial charge in [0, 0.05) is 22.4 Å². The molecule has 0 atom stereocenters. The van der Waals surface area contributed by atoms with Crippen LogP contribution >= 0.6 is 22.7 Å². The molecule has 1 aromatic carbocycles. The molecule has 3 nitrogen and oxygen atoms in total. The molecular weight excluding hydrogens is 348 g/mol. The van der Waals surface area contributed by atoms with Crippen molar-refractivity contribution >= 4 is 33.7 Å². The molecule has 0 unspecified atom stereocenters. The van der Waals surface area contributed by atoms with E-state index in [2.05, 4.69) is 55.3 Å². The van der Waals surface area contributed by atoms with Crippen LogP contribution in [-0.4, -0.2) is 10.9 Å². The Morgan fingerprint density at radius 1 is 1.20 bits per heavy atom. The van der Waals surface area contributed by atoms with Crippen molar-refractivity contribution < 1.29 is 4.79 Å². The highest BCUT2D eigenvalue weighted by molar-refractivity contribution is 7.16. The van der Waals surface area contributed by atoms with Crippen LogP contribution < -0.4 is 5.32 Å². The zero-order chi connectivity index (χ0) is 17.8. The maximum atomic E-state index is 12.5. The van der Waals surface area contributed by atoms with Crippen molar-refractivity contribution in [2.24, 2.45) is 0 Å². The van der Waals surface area contributed by atoms with Crippen LogP contribution in [0.4, 0.5) is 5.13 Å². The van der Waals surface area contributed by atoms with Gasteiger partial charge in [0.05, 0.1) is 4.88 Å². The first kappa shape index (κ1) is 17.8. The molecule has 0 bridgehead atoms. The minimum absolute atomic E-state index is 0.0630. The summed E-state index contributed by atoms with van der Waals surface area (Å²) in [6.45, 7) is 6.33. The SMILES string of the molecule is CCCc1cc(C(=O)Nc2ncc(Cc3cccc(C)c3)s2)sc1C. The van der Waals surface area contributed by atoms with Crippen molar-refractivity contribution in [3.05, 3.63) is 67.9 Å². The number of carbonyl (C=O) groups is 1. The Morgan fingerprint density at radius 3 is 2.80 bits per heavy atom. The summed E-state index contributed by atoms with van der Waals surface area (Å²) in [6, 6.07) is 10.5. The number of hydrogen-bond donors (Lipinski definition) is 1. The Balaban J connectivity index is 1.66. The van der Waals surface area contributed by atoms with Crippen molar-refractivity contribution in [1.82, 2.24) is 4.98 Å². The standard InChI is InChI=1S/C20H22N2OS2/c1-4-6-16-11-18(24-14(16)3)19(23)22-20-21-12-17(25-20)10-15-8-5-7-13(2)9-15/h5,7-9,11-12H,4,6,10H2,1-3H3,(H,21,22,23). The normalized spacial score (nSPS) is 10.8. The topological polar surface area (TPSA) is 42.0 Å². The van der Waals surface area contributed by atoms with Gasteiger partial charge in [-0.2, -0.15) is 0 Å². The molecule has 25 heavy (non-hydrogen) atoms. The van der Waals surface area contributed by atoms with Crippen LogP contribution in [0.1, 0.15) is 49.5 Å². The highest BCUT2D eigenvalue weighted by Crippen LogP contribution is 2.26. The van der Waals surface area contributed by atoms with E-state index in [1.165, 1.54) is 32.9 Å². The van der Waals surface area contributed by atoms with E-state index in [9.17, 15) is 4.79 Å². The molecule has 1 amide bonds. The van der Waals surface area contributed by atoms with Gasteiger partial charge in [0.25, 0.3) is 5.91 Å². The predicted octanol–water partition coefficient (Wildman–Crippen LogP) is 5.62. The van der Waals surface area contributed by atoms with Gasteiger partial charge in [-0.25, -0.2) is 4.98 Å². The van der Waals surface area contributed by atoms with Gasteiger partial charge in [-0.15, -0.1) is 22.7 Å². The maximum absolute atomic E-state index is 12.5. The molecule has 0 aliphatic rings. The molecule has 0 spiro atoms. The third-order valence-electron chi connectivity index (χ3n) is 4.00. The number of rotatable bonds is 6. The maximum Gasteiger partial charge on any atom is 0.267 e. The highest BCUT2D eigenvalue weighted by atomic mass is 32.1. The Bertz CT molecular complexity index is 879. The largest absolute Gasteiger partial charge is 0.297 e. The molecule has 0 radical (unpaired) electrons. The van der Waals surface area contributed by atoms with Crippen LogP contribution in [0.15, 0.2) is 36.5 Å². The molecule has 2 heterocycles. The first-order valence-electron chi connectivity index (χ1n) is 8.46. The molecule has 5 heteroatoms. The van der Waals surface area contributed by atoms with E-state index in [1.54, 1.807) is 11.3 Å². The lowest BCUT2D eigenvalue weighted by Crippen LogP contribution is -2.09. The second kappa shape index (κ2) is 7.93. The third kappa shape index (κ3) is 4.55. The molecule has 130 valence electrons. The number of hydrogen-bond acceptors (Lipinski definition) is 4. The number of nitrogens with zero attached hydrogens (tertiary/aromatic N) is 1. The summed E-state index contributed by atoms with van der Waals surface area (Å²) in [4.78, 5) is 20.0. The van der Waals surface area contributed by atoms with Gasteiger partial charge in [-0.1, -0.05) is 43.2 Å². The third-order valence-corrected chi connectivity index (χ3v) is 6.00. The Hall–Kier alpha value is -1.98.